The summed E-state index contributed by atoms with van der Waals surface area (Å²) in [5, 5.41) is 9.54. The highest BCUT2D eigenvalue weighted by Gasteiger charge is 2.27. The van der Waals surface area contributed by atoms with E-state index in [4.69, 9.17) is 4.74 Å². The number of phenolic OH excluding ortho intramolecular Hbond substituents is 1. The number of hydrogen-bond donors (Lipinski definition) is 1. The van der Waals surface area contributed by atoms with Crippen molar-refractivity contribution in [2.45, 2.75) is 40.0 Å². The van der Waals surface area contributed by atoms with Crippen molar-refractivity contribution in [3.63, 3.8) is 0 Å². The zero-order chi connectivity index (χ0) is 13.9. The van der Waals surface area contributed by atoms with E-state index < -0.39 is 0 Å². The summed E-state index contributed by atoms with van der Waals surface area (Å²) in [6, 6.07) is 5.27. The van der Waals surface area contributed by atoms with E-state index in [1.807, 2.05) is 13.0 Å². The van der Waals surface area contributed by atoms with Crippen molar-refractivity contribution in [2.24, 2.45) is 5.41 Å². The Morgan fingerprint density at radius 1 is 1.39 bits per heavy atom. The van der Waals surface area contributed by atoms with Crippen LogP contribution in [0.1, 0.15) is 44.2 Å². The fraction of sp³-hybridized carbons (Fsp3) is 0.533. The number of hydrogen-bond acceptors (Lipinski definition) is 3. The highest BCUT2D eigenvalue weighted by Crippen LogP contribution is 2.33. The van der Waals surface area contributed by atoms with Gasteiger partial charge in [0.15, 0.2) is 0 Å². The summed E-state index contributed by atoms with van der Waals surface area (Å²) >= 11 is 0. The molecule has 18 heavy (non-hydrogen) atoms. The molecular formula is C15H22O3. The molecule has 0 aliphatic heterocycles. The molecule has 3 heteroatoms. The minimum absolute atomic E-state index is 0.0324. The molecule has 0 heterocycles. The monoisotopic (exact) mass is 250 g/mol. The Morgan fingerprint density at radius 3 is 2.44 bits per heavy atom. The van der Waals surface area contributed by atoms with Crippen LogP contribution in [0.4, 0.5) is 0 Å². The smallest absolute Gasteiger partial charge is 0.313 e. The average Bonchev–Trinajstić information content (AvgIpc) is 2.27. The second-order valence-electron chi connectivity index (χ2n) is 5.89. The van der Waals surface area contributed by atoms with Crippen LogP contribution in [0.3, 0.4) is 0 Å². The summed E-state index contributed by atoms with van der Waals surface area (Å²) in [5.41, 5.74) is 1.70. The number of aromatic hydroxyl groups is 1. The van der Waals surface area contributed by atoms with Gasteiger partial charge in [0.1, 0.15) is 5.75 Å². The maximum atomic E-state index is 11.9. The molecule has 3 nitrogen and oxygen atoms in total. The molecule has 0 spiro atoms. The van der Waals surface area contributed by atoms with Crippen LogP contribution in [0, 0.1) is 12.3 Å². The first-order chi connectivity index (χ1) is 8.24. The van der Waals surface area contributed by atoms with Gasteiger partial charge in [-0.05, 0) is 36.0 Å². The fourth-order valence-electron chi connectivity index (χ4n) is 1.99. The van der Waals surface area contributed by atoms with E-state index in [1.54, 1.807) is 12.1 Å². The van der Waals surface area contributed by atoms with Crippen molar-refractivity contribution in [3.8, 4) is 5.75 Å². The Bertz CT molecular complexity index is 430. The highest BCUT2D eigenvalue weighted by molar-refractivity contribution is 5.78. The molecule has 100 valence electrons. The number of benzene rings is 1. The highest BCUT2D eigenvalue weighted by atomic mass is 16.5. The first-order valence-corrected chi connectivity index (χ1v) is 6.12. The number of phenols is 1. The number of ether oxygens (including phenoxy) is 1. The van der Waals surface area contributed by atoms with E-state index in [-0.39, 0.29) is 23.1 Å². The van der Waals surface area contributed by atoms with Gasteiger partial charge in [-0.1, -0.05) is 32.9 Å². The van der Waals surface area contributed by atoms with Gasteiger partial charge in [-0.2, -0.15) is 0 Å². The lowest BCUT2D eigenvalue weighted by atomic mass is 9.81. The van der Waals surface area contributed by atoms with E-state index in [2.05, 4.69) is 20.8 Å². The van der Waals surface area contributed by atoms with Gasteiger partial charge in [-0.25, -0.2) is 0 Å². The van der Waals surface area contributed by atoms with Crippen molar-refractivity contribution in [1.29, 1.82) is 0 Å². The van der Waals surface area contributed by atoms with Crippen LogP contribution in [0.2, 0.25) is 0 Å². The molecule has 0 aliphatic carbocycles. The molecule has 0 aliphatic rings. The number of carbonyl (C=O) groups excluding carboxylic acids is 1. The molecule has 0 bridgehead atoms. The lowest BCUT2D eigenvalue weighted by molar-refractivity contribution is -0.143. The summed E-state index contributed by atoms with van der Waals surface area (Å²) in [6.07, 6.45) is 0.712. The summed E-state index contributed by atoms with van der Waals surface area (Å²) in [5.74, 6) is -0.262. The lowest BCUT2D eigenvalue weighted by Gasteiger charge is -2.25. The van der Waals surface area contributed by atoms with Crippen molar-refractivity contribution in [1.82, 2.24) is 0 Å². The van der Waals surface area contributed by atoms with Gasteiger partial charge in [0.2, 0.25) is 0 Å². The van der Waals surface area contributed by atoms with E-state index in [1.165, 1.54) is 7.11 Å². The molecular weight excluding hydrogens is 228 g/mol. The summed E-state index contributed by atoms with van der Waals surface area (Å²) in [4.78, 5) is 11.9. The number of aryl methyl sites for hydroxylation is 1. The zero-order valence-electron chi connectivity index (χ0n) is 11.8. The maximum Gasteiger partial charge on any atom is 0.313 e. The van der Waals surface area contributed by atoms with Gasteiger partial charge in [0.05, 0.1) is 13.0 Å². The summed E-state index contributed by atoms with van der Waals surface area (Å²) in [7, 11) is 1.41. The molecule has 0 fully saturated rings. The third kappa shape index (κ3) is 3.76. The van der Waals surface area contributed by atoms with Crippen molar-refractivity contribution >= 4 is 5.97 Å². The molecule has 1 aromatic carbocycles. The number of carbonyl (C=O) groups is 1. The van der Waals surface area contributed by atoms with Crippen molar-refractivity contribution in [2.75, 3.05) is 7.11 Å². The molecule has 1 rings (SSSR count). The number of methoxy groups -OCH3 is 1. The van der Waals surface area contributed by atoms with Gasteiger partial charge in [-0.15, -0.1) is 0 Å². The van der Waals surface area contributed by atoms with Gasteiger partial charge < -0.3 is 9.84 Å². The Labute approximate surface area is 109 Å². The van der Waals surface area contributed by atoms with E-state index >= 15 is 0 Å². The predicted molar refractivity (Wildman–Crippen MR) is 71.7 cm³/mol. The quantitative estimate of drug-likeness (QED) is 0.836. The molecule has 1 atom stereocenters. The zero-order valence-corrected chi connectivity index (χ0v) is 11.8. The van der Waals surface area contributed by atoms with Crippen LogP contribution >= 0.6 is 0 Å². The fourth-order valence-corrected chi connectivity index (χ4v) is 1.99. The molecule has 0 aromatic heterocycles. The van der Waals surface area contributed by atoms with Crippen molar-refractivity contribution < 1.29 is 14.6 Å². The van der Waals surface area contributed by atoms with Gasteiger partial charge >= 0.3 is 5.97 Å². The molecule has 0 saturated carbocycles. The van der Waals surface area contributed by atoms with Crippen molar-refractivity contribution in [3.05, 3.63) is 29.3 Å². The van der Waals surface area contributed by atoms with Crippen LogP contribution in [0.5, 0.6) is 5.75 Å². The second-order valence-corrected chi connectivity index (χ2v) is 5.89. The molecule has 0 amide bonds. The number of rotatable bonds is 3. The average molecular weight is 250 g/mol. The van der Waals surface area contributed by atoms with Crippen LogP contribution in [-0.2, 0) is 9.53 Å². The minimum Gasteiger partial charge on any atom is -0.508 e. The van der Waals surface area contributed by atoms with Crippen LogP contribution < -0.4 is 0 Å². The Kier molecular flexibility index (Phi) is 4.38. The lowest BCUT2D eigenvalue weighted by Crippen LogP contribution is -2.20. The molecule has 1 aromatic rings. The summed E-state index contributed by atoms with van der Waals surface area (Å²) < 4.78 is 4.88. The third-order valence-corrected chi connectivity index (χ3v) is 2.93. The Hall–Kier alpha value is -1.51. The van der Waals surface area contributed by atoms with Gasteiger partial charge in [0, 0.05) is 0 Å². The molecule has 0 radical (unpaired) electrons. The summed E-state index contributed by atoms with van der Waals surface area (Å²) in [6.45, 7) is 8.10. The molecule has 0 saturated heterocycles. The maximum absolute atomic E-state index is 11.9. The minimum atomic E-state index is -0.283. The topological polar surface area (TPSA) is 46.5 Å². The van der Waals surface area contributed by atoms with E-state index in [9.17, 15) is 9.90 Å². The second kappa shape index (κ2) is 5.42. The Balaban J connectivity index is 3.09. The largest absolute Gasteiger partial charge is 0.508 e. The van der Waals surface area contributed by atoms with Crippen LogP contribution in [0.25, 0.3) is 0 Å². The third-order valence-electron chi connectivity index (χ3n) is 2.93. The van der Waals surface area contributed by atoms with E-state index in [0.29, 0.717) is 6.42 Å². The first-order valence-electron chi connectivity index (χ1n) is 6.12. The first kappa shape index (κ1) is 14.6. The SMILES string of the molecule is COC(=O)C(CC(C)(C)C)c1ccc(O)c(C)c1. The normalized spacial score (nSPS) is 13.2. The predicted octanol–water partition coefficient (Wildman–Crippen LogP) is 3.39. The van der Waals surface area contributed by atoms with Gasteiger partial charge in [-0.3, -0.25) is 4.79 Å². The van der Waals surface area contributed by atoms with Gasteiger partial charge in [0.25, 0.3) is 0 Å². The van der Waals surface area contributed by atoms with E-state index in [0.717, 1.165) is 11.1 Å². The van der Waals surface area contributed by atoms with Crippen LogP contribution in [0.15, 0.2) is 18.2 Å². The Morgan fingerprint density at radius 2 is 2.00 bits per heavy atom. The number of esters is 1. The molecule has 1 N–H and O–H groups in total. The standard InChI is InChI=1S/C15H22O3/c1-10-8-11(6-7-13(10)16)12(14(17)18-5)9-15(2,3)4/h6-8,12,16H,9H2,1-5H3. The van der Waals surface area contributed by atoms with Crippen LogP contribution in [-0.4, -0.2) is 18.2 Å². The molecule has 1 unspecified atom stereocenters.